The number of nitrogens with two attached hydrogens (primary N) is 1. The van der Waals surface area contributed by atoms with Crippen molar-refractivity contribution in [3.8, 4) is 11.8 Å². The van der Waals surface area contributed by atoms with Crippen LogP contribution in [0.15, 0.2) is 4.79 Å². The van der Waals surface area contributed by atoms with Crippen molar-refractivity contribution in [2.75, 3.05) is 31.1 Å². The maximum absolute atomic E-state index is 12.7. The van der Waals surface area contributed by atoms with E-state index in [1.165, 1.54) is 4.68 Å². The molecule has 9 heteroatoms. The van der Waals surface area contributed by atoms with Crippen LogP contribution in [-0.2, 0) is 24.8 Å². The highest BCUT2D eigenvalue weighted by Crippen LogP contribution is 2.22. The lowest BCUT2D eigenvalue weighted by molar-refractivity contribution is -0.117. The van der Waals surface area contributed by atoms with E-state index in [-0.39, 0.29) is 12.0 Å². The third kappa shape index (κ3) is 3.21. The Balaban J connectivity index is 2.26. The van der Waals surface area contributed by atoms with Crippen molar-refractivity contribution in [1.82, 2.24) is 24.6 Å². The lowest BCUT2D eigenvalue weighted by atomic mass is 10.2. The van der Waals surface area contributed by atoms with Crippen LogP contribution < -0.4 is 21.5 Å². The van der Waals surface area contributed by atoms with Gasteiger partial charge in [-0.3, -0.25) is 14.2 Å². The molecular formula is C16H21N7O2. The van der Waals surface area contributed by atoms with Crippen molar-refractivity contribution in [2.24, 2.45) is 12.8 Å². The molecule has 0 aliphatic carbocycles. The van der Waals surface area contributed by atoms with Crippen LogP contribution in [-0.4, -0.2) is 51.4 Å². The van der Waals surface area contributed by atoms with Gasteiger partial charge in [-0.15, -0.1) is 5.92 Å². The first-order valence-corrected chi connectivity index (χ1v) is 8.13. The number of nitrogens with one attached hydrogen (secondary N) is 1. The molecule has 0 spiro atoms. The Morgan fingerprint density at radius 1 is 1.36 bits per heavy atom. The number of carbonyl (C=O) groups is 1. The number of anilines is 1. The van der Waals surface area contributed by atoms with Crippen LogP contribution in [0.2, 0.25) is 0 Å². The molecule has 132 valence electrons. The Labute approximate surface area is 144 Å². The van der Waals surface area contributed by atoms with E-state index < -0.39 is 5.91 Å². The van der Waals surface area contributed by atoms with Gasteiger partial charge >= 0.3 is 0 Å². The first-order valence-electron chi connectivity index (χ1n) is 8.13. The maximum atomic E-state index is 12.7. The van der Waals surface area contributed by atoms with Crippen molar-refractivity contribution in [2.45, 2.75) is 19.9 Å². The summed E-state index contributed by atoms with van der Waals surface area (Å²) in [7, 11) is 1.56. The Bertz CT molecular complexity index is 926. The molecule has 0 atom stereocenters. The van der Waals surface area contributed by atoms with E-state index in [1.807, 2.05) is 4.57 Å². The summed E-state index contributed by atoms with van der Waals surface area (Å²) in [6.45, 7) is 5.34. The van der Waals surface area contributed by atoms with Gasteiger partial charge in [-0.1, -0.05) is 5.92 Å². The van der Waals surface area contributed by atoms with Crippen LogP contribution in [0.25, 0.3) is 11.0 Å². The van der Waals surface area contributed by atoms with E-state index in [2.05, 4.69) is 32.1 Å². The van der Waals surface area contributed by atoms with Gasteiger partial charge in [0.05, 0.1) is 18.7 Å². The zero-order valence-electron chi connectivity index (χ0n) is 14.4. The second kappa shape index (κ2) is 6.94. The number of imidazole rings is 1. The molecule has 0 aromatic carbocycles. The average Bonchev–Trinajstić information content (AvgIpc) is 2.98. The fourth-order valence-electron chi connectivity index (χ4n) is 2.98. The molecule has 2 aromatic heterocycles. The van der Waals surface area contributed by atoms with Crippen LogP contribution >= 0.6 is 0 Å². The predicted octanol–water partition coefficient (Wildman–Crippen LogP) is -1.41. The summed E-state index contributed by atoms with van der Waals surface area (Å²) in [5, 5.41) is 7.47. The third-order valence-electron chi connectivity index (χ3n) is 4.14. The van der Waals surface area contributed by atoms with Crippen molar-refractivity contribution >= 4 is 22.9 Å². The van der Waals surface area contributed by atoms with Gasteiger partial charge in [0.2, 0.25) is 11.9 Å². The molecule has 9 nitrogen and oxygen atoms in total. The van der Waals surface area contributed by atoms with E-state index in [0.29, 0.717) is 29.2 Å². The number of hydrogen-bond acceptors (Lipinski definition) is 6. The van der Waals surface area contributed by atoms with Gasteiger partial charge in [0.25, 0.3) is 5.56 Å². The molecule has 2 aromatic rings. The standard InChI is InChI=1S/C16H21N7O2/c1-3-4-7-23-14-13(19-16(23)22-8-5-18-6-9-22)11(10-12(17)24)20-21(2)15(14)25/h18H,5-10H2,1-2H3,(H2,17,24). The molecule has 1 saturated heterocycles. The van der Waals surface area contributed by atoms with Gasteiger partial charge in [-0.05, 0) is 6.92 Å². The van der Waals surface area contributed by atoms with Crippen LogP contribution in [0, 0.1) is 11.8 Å². The van der Waals surface area contributed by atoms with Gasteiger partial charge in [-0.25, -0.2) is 9.67 Å². The number of nitrogens with zero attached hydrogens (tertiary/aromatic N) is 5. The Hall–Kier alpha value is -2.86. The summed E-state index contributed by atoms with van der Waals surface area (Å²) < 4.78 is 3.03. The minimum Gasteiger partial charge on any atom is -0.369 e. The molecule has 1 aliphatic rings. The molecule has 0 radical (unpaired) electrons. The van der Waals surface area contributed by atoms with E-state index in [1.54, 1.807) is 14.0 Å². The van der Waals surface area contributed by atoms with Crippen molar-refractivity contribution in [3.05, 3.63) is 16.0 Å². The topological polar surface area (TPSA) is 111 Å². The lowest BCUT2D eigenvalue weighted by Gasteiger charge is -2.28. The first-order chi connectivity index (χ1) is 12.0. The van der Waals surface area contributed by atoms with E-state index in [0.717, 1.165) is 26.2 Å². The van der Waals surface area contributed by atoms with E-state index in [9.17, 15) is 9.59 Å². The fraction of sp³-hybridized carbons (Fsp3) is 0.500. The maximum Gasteiger partial charge on any atom is 0.292 e. The lowest BCUT2D eigenvalue weighted by Crippen LogP contribution is -2.44. The summed E-state index contributed by atoms with van der Waals surface area (Å²) in [5.74, 6) is 6.01. The molecule has 3 N–H and O–H groups in total. The predicted molar refractivity (Wildman–Crippen MR) is 94.2 cm³/mol. The SMILES string of the molecule is CC#CCn1c(N2CCNCC2)nc2c(CC(N)=O)nn(C)c(=O)c21. The number of hydrogen-bond donors (Lipinski definition) is 2. The molecule has 0 bridgehead atoms. The summed E-state index contributed by atoms with van der Waals surface area (Å²) in [6, 6.07) is 0. The molecule has 1 fully saturated rings. The average molecular weight is 343 g/mol. The molecule has 0 saturated carbocycles. The molecule has 25 heavy (non-hydrogen) atoms. The van der Waals surface area contributed by atoms with Crippen LogP contribution in [0.3, 0.4) is 0 Å². The number of carbonyl (C=O) groups excluding carboxylic acids is 1. The molecular weight excluding hydrogens is 322 g/mol. The van der Waals surface area contributed by atoms with Crippen molar-refractivity contribution in [1.29, 1.82) is 0 Å². The highest BCUT2D eigenvalue weighted by atomic mass is 16.1. The first kappa shape index (κ1) is 17.0. The van der Waals surface area contributed by atoms with Crippen LogP contribution in [0.4, 0.5) is 5.95 Å². The number of rotatable bonds is 4. The largest absolute Gasteiger partial charge is 0.369 e. The van der Waals surface area contributed by atoms with Gasteiger partial charge in [0, 0.05) is 33.2 Å². The number of aryl methyl sites for hydroxylation is 1. The minimum atomic E-state index is -0.515. The monoisotopic (exact) mass is 343 g/mol. The summed E-state index contributed by atoms with van der Waals surface area (Å²) in [4.78, 5) is 30.9. The third-order valence-corrected chi connectivity index (χ3v) is 4.14. The molecule has 1 amide bonds. The molecule has 3 heterocycles. The van der Waals surface area contributed by atoms with Gasteiger partial charge < -0.3 is 16.0 Å². The zero-order valence-corrected chi connectivity index (χ0v) is 14.4. The minimum absolute atomic E-state index is 0.0674. The number of primary amides is 1. The number of piperazine rings is 1. The fourth-order valence-corrected chi connectivity index (χ4v) is 2.98. The highest BCUT2D eigenvalue weighted by molar-refractivity contribution is 5.85. The van der Waals surface area contributed by atoms with Crippen LogP contribution in [0.5, 0.6) is 0 Å². The number of fused-ring (bicyclic) bond motifs is 1. The number of aromatic nitrogens is 4. The van der Waals surface area contributed by atoms with Gasteiger partial charge in [-0.2, -0.15) is 5.10 Å². The normalized spacial score (nSPS) is 14.4. The van der Waals surface area contributed by atoms with Gasteiger partial charge in [0.15, 0.2) is 0 Å². The van der Waals surface area contributed by atoms with Crippen LogP contribution in [0.1, 0.15) is 12.6 Å². The van der Waals surface area contributed by atoms with Crippen molar-refractivity contribution in [3.63, 3.8) is 0 Å². The zero-order chi connectivity index (χ0) is 18.0. The number of amides is 1. The summed E-state index contributed by atoms with van der Waals surface area (Å²) in [5.41, 5.74) is 6.30. The second-order valence-corrected chi connectivity index (χ2v) is 5.88. The Morgan fingerprint density at radius 3 is 2.72 bits per heavy atom. The Morgan fingerprint density at radius 2 is 2.08 bits per heavy atom. The molecule has 3 rings (SSSR count). The molecule has 0 unspecified atom stereocenters. The Kier molecular flexibility index (Phi) is 4.72. The van der Waals surface area contributed by atoms with E-state index in [4.69, 9.17) is 5.73 Å². The van der Waals surface area contributed by atoms with Crippen molar-refractivity contribution < 1.29 is 4.79 Å². The second-order valence-electron chi connectivity index (χ2n) is 5.88. The quantitative estimate of drug-likeness (QED) is 0.660. The summed E-state index contributed by atoms with van der Waals surface area (Å²) in [6.07, 6.45) is -0.0674. The van der Waals surface area contributed by atoms with E-state index >= 15 is 0 Å². The highest BCUT2D eigenvalue weighted by Gasteiger charge is 2.24. The summed E-state index contributed by atoms with van der Waals surface area (Å²) >= 11 is 0. The molecule has 1 aliphatic heterocycles. The van der Waals surface area contributed by atoms with Gasteiger partial charge in [0.1, 0.15) is 11.0 Å². The smallest absolute Gasteiger partial charge is 0.292 e.